The van der Waals surface area contributed by atoms with Crippen molar-refractivity contribution in [3.8, 4) is 5.82 Å². The van der Waals surface area contributed by atoms with Gasteiger partial charge in [-0.1, -0.05) is 29.5 Å². The van der Waals surface area contributed by atoms with E-state index in [2.05, 4.69) is 30.5 Å². The molecule has 11 nitrogen and oxygen atoms in total. The van der Waals surface area contributed by atoms with Crippen molar-refractivity contribution in [2.75, 3.05) is 31.1 Å². The minimum Gasteiger partial charge on any atom is -0.357 e. The largest absolute Gasteiger partial charge is 0.357 e. The van der Waals surface area contributed by atoms with E-state index >= 15 is 0 Å². The van der Waals surface area contributed by atoms with E-state index in [0.29, 0.717) is 26.2 Å². The van der Waals surface area contributed by atoms with Crippen LogP contribution in [-0.2, 0) is 4.79 Å². The first-order valence-electron chi connectivity index (χ1n) is 10.9. The molecule has 4 aromatic heterocycles. The van der Waals surface area contributed by atoms with E-state index in [0.717, 1.165) is 22.8 Å². The van der Waals surface area contributed by atoms with E-state index in [4.69, 9.17) is 0 Å². The third-order valence-electron chi connectivity index (χ3n) is 6.14. The van der Waals surface area contributed by atoms with Crippen molar-refractivity contribution in [2.24, 2.45) is 0 Å². The summed E-state index contributed by atoms with van der Waals surface area (Å²) in [6.07, 6.45) is 7.05. The Labute approximate surface area is 197 Å². The zero-order valence-electron chi connectivity index (χ0n) is 18.3. The number of aromatic nitrogens is 7. The number of amides is 1. The molecule has 0 bridgehead atoms. The Bertz CT molecular complexity index is 1570. The number of nitrogens with one attached hydrogen (secondary N) is 1. The molecule has 1 aliphatic rings. The Kier molecular flexibility index (Phi) is 4.90. The lowest BCUT2D eigenvalue weighted by molar-refractivity contribution is -0.126. The lowest BCUT2D eigenvalue weighted by Crippen LogP contribution is -2.51. The maximum atomic E-state index is 14.7. The SMILES string of the molecule is O=C(C(=O)N1CCN(c2nncc3ccccc23)CC1)c1c[nH]c2c(-n3ccnn3)ncc(F)c12. The number of hydrogen-bond donors (Lipinski definition) is 1. The van der Waals surface area contributed by atoms with Crippen LogP contribution in [0.15, 0.2) is 55.2 Å². The number of aromatic amines is 1. The topological polar surface area (TPSA) is 126 Å². The van der Waals surface area contributed by atoms with Crippen molar-refractivity contribution in [3.63, 3.8) is 0 Å². The highest BCUT2D eigenvalue weighted by Gasteiger charge is 2.30. The van der Waals surface area contributed by atoms with Gasteiger partial charge >= 0.3 is 0 Å². The summed E-state index contributed by atoms with van der Waals surface area (Å²) in [7, 11) is 0. The van der Waals surface area contributed by atoms with E-state index in [9.17, 15) is 14.0 Å². The number of ketones is 1. The highest BCUT2D eigenvalue weighted by Crippen LogP contribution is 2.27. The molecular formula is C23H18FN9O2. The Morgan fingerprint density at radius 3 is 2.63 bits per heavy atom. The second-order valence-electron chi connectivity index (χ2n) is 8.09. The average molecular weight is 471 g/mol. The second kappa shape index (κ2) is 8.24. The van der Waals surface area contributed by atoms with Crippen LogP contribution >= 0.6 is 0 Å². The molecule has 1 aliphatic heterocycles. The molecule has 1 N–H and O–H groups in total. The molecule has 6 rings (SSSR count). The summed E-state index contributed by atoms with van der Waals surface area (Å²) in [6.45, 7) is 1.63. The molecule has 35 heavy (non-hydrogen) atoms. The summed E-state index contributed by atoms with van der Waals surface area (Å²) >= 11 is 0. The number of rotatable bonds is 4. The molecule has 0 spiro atoms. The Morgan fingerprint density at radius 1 is 1.00 bits per heavy atom. The summed E-state index contributed by atoms with van der Waals surface area (Å²) in [5.74, 6) is -1.17. The first kappa shape index (κ1) is 20.8. The Hall–Kier alpha value is -4.74. The van der Waals surface area contributed by atoms with Crippen molar-refractivity contribution in [3.05, 3.63) is 66.6 Å². The number of nitrogens with zero attached hydrogens (tertiary/aromatic N) is 8. The van der Waals surface area contributed by atoms with Gasteiger partial charge in [0.2, 0.25) is 0 Å². The van der Waals surface area contributed by atoms with Gasteiger partial charge in [-0.15, -0.1) is 10.2 Å². The highest BCUT2D eigenvalue weighted by molar-refractivity contribution is 6.45. The molecule has 1 amide bonds. The van der Waals surface area contributed by atoms with Gasteiger partial charge in [-0.2, -0.15) is 5.10 Å². The van der Waals surface area contributed by atoms with Crippen molar-refractivity contribution < 1.29 is 14.0 Å². The van der Waals surface area contributed by atoms with Gasteiger partial charge < -0.3 is 14.8 Å². The van der Waals surface area contributed by atoms with Crippen LogP contribution in [0.1, 0.15) is 10.4 Å². The van der Waals surface area contributed by atoms with E-state index in [-0.39, 0.29) is 22.3 Å². The Morgan fingerprint density at radius 2 is 1.83 bits per heavy atom. The van der Waals surface area contributed by atoms with Crippen molar-refractivity contribution in [2.45, 2.75) is 0 Å². The van der Waals surface area contributed by atoms with Crippen LogP contribution in [0.25, 0.3) is 27.5 Å². The zero-order valence-corrected chi connectivity index (χ0v) is 18.3. The number of carbonyl (C=O) groups excluding carboxylic acids is 2. The van der Waals surface area contributed by atoms with Crippen LogP contribution in [0.3, 0.4) is 0 Å². The maximum Gasteiger partial charge on any atom is 0.295 e. The molecule has 1 aromatic carbocycles. The van der Waals surface area contributed by atoms with Crippen LogP contribution < -0.4 is 4.90 Å². The fourth-order valence-corrected chi connectivity index (χ4v) is 4.40. The first-order chi connectivity index (χ1) is 17.1. The van der Waals surface area contributed by atoms with Crippen molar-refractivity contribution in [1.29, 1.82) is 0 Å². The van der Waals surface area contributed by atoms with E-state index in [1.165, 1.54) is 22.0 Å². The summed E-state index contributed by atoms with van der Waals surface area (Å²) in [6, 6.07) is 7.83. The molecule has 0 radical (unpaired) electrons. The first-order valence-corrected chi connectivity index (χ1v) is 10.9. The van der Waals surface area contributed by atoms with Gasteiger partial charge in [0.1, 0.15) is 0 Å². The monoisotopic (exact) mass is 471 g/mol. The quantitative estimate of drug-likeness (QED) is 0.310. The number of carbonyl (C=O) groups is 2. The van der Waals surface area contributed by atoms with Gasteiger partial charge in [-0.05, 0) is 0 Å². The van der Waals surface area contributed by atoms with E-state index < -0.39 is 17.5 Å². The van der Waals surface area contributed by atoms with Gasteiger partial charge in [-0.25, -0.2) is 14.1 Å². The molecular weight excluding hydrogens is 453 g/mol. The van der Waals surface area contributed by atoms with E-state index in [1.54, 1.807) is 12.4 Å². The summed E-state index contributed by atoms with van der Waals surface area (Å²) < 4.78 is 16.1. The number of benzene rings is 1. The summed E-state index contributed by atoms with van der Waals surface area (Å²) in [5, 5.41) is 17.9. The number of H-pyrrole nitrogens is 1. The van der Waals surface area contributed by atoms with Crippen molar-refractivity contribution in [1.82, 2.24) is 40.1 Å². The van der Waals surface area contributed by atoms with Crippen LogP contribution in [0.2, 0.25) is 0 Å². The number of pyridine rings is 1. The lowest BCUT2D eigenvalue weighted by atomic mass is 10.1. The predicted octanol–water partition coefficient (Wildman–Crippen LogP) is 1.76. The third kappa shape index (κ3) is 3.46. The molecule has 0 aliphatic carbocycles. The normalized spacial score (nSPS) is 14.1. The number of fused-ring (bicyclic) bond motifs is 2. The fourth-order valence-electron chi connectivity index (χ4n) is 4.40. The second-order valence-corrected chi connectivity index (χ2v) is 8.09. The smallest absolute Gasteiger partial charge is 0.295 e. The average Bonchev–Trinajstić information content (AvgIpc) is 3.59. The molecule has 0 saturated carbocycles. The lowest BCUT2D eigenvalue weighted by Gasteiger charge is -2.35. The van der Waals surface area contributed by atoms with E-state index in [1.807, 2.05) is 29.2 Å². The highest BCUT2D eigenvalue weighted by atomic mass is 19.1. The predicted molar refractivity (Wildman–Crippen MR) is 124 cm³/mol. The van der Waals surface area contributed by atoms with Crippen molar-refractivity contribution >= 4 is 39.2 Å². The van der Waals surface area contributed by atoms with Crippen LogP contribution in [0.5, 0.6) is 0 Å². The minimum absolute atomic E-state index is 0.00600. The van der Waals surface area contributed by atoms with Gasteiger partial charge in [-0.3, -0.25) is 9.59 Å². The van der Waals surface area contributed by atoms with Gasteiger partial charge in [0.25, 0.3) is 11.7 Å². The fraction of sp³-hybridized carbons (Fsp3) is 0.174. The number of Topliss-reactive ketones (excluding diaryl/α,β-unsaturated/α-hetero) is 1. The maximum absolute atomic E-state index is 14.7. The standard InChI is InChI=1S/C23H18FN9O2/c24-17-13-26-22(33-6-5-27-30-33)19-18(17)16(12-25-19)20(34)23(35)32-9-7-31(8-10-32)21-15-4-2-1-3-14(15)11-28-29-21/h1-6,11-13,25H,7-10H2. The number of anilines is 1. The van der Waals surface area contributed by atoms with Gasteiger partial charge in [0.15, 0.2) is 17.5 Å². The number of halogens is 1. The van der Waals surface area contributed by atoms with Crippen LogP contribution in [0, 0.1) is 5.82 Å². The molecule has 5 heterocycles. The minimum atomic E-state index is -0.788. The molecule has 174 valence electrons. The molecule has 1 fully saturated rings. The summed E-state index contributed by atoms with van der Waals surface area (Å²) in [5.41, 5.74) is 0.208. The van der Waals surface area contributed by atoms with Gasteiger partial charge in [0, 0.05) is 43.1 Å². The van der Waals surface area contributed by atoms with Crippen LogP contribution in [0.4, 0.5) is 10.2 Å². The van der Waals surface area contributed by atoms with Gasteiger partial charge in [0.05, 0.1) is 41.3 Å². The molecule has 1 saturated heterocycles. The third-order valence-corrected chi connectivity index (χ3v) is 6.14. The Balaban J connectivity index is 1.23. The molecule has 0 unspecified atom stereocenters. The molecule has 0 atom stereocenters. The van der Waals surface area contributed by atoms with Crippen LogP contribution in [-0.4, -0.2) is 77.9 Å². The number of piperazine rings is 1. The summed E-state index contributed by atoms with van der Waals surface area (Å²) in [4.78, 5) is 36.6. The molecule has 5 aromatic rings. The number of hydrogen-bond acceptors (Lipinski definition) is 8. The molecule has 12 heteroatoms. The zero-order chi connectivity index (χ0) is 23.9.